The number of carbonyl (C=O) groups is 1. The minimum Gasteiger partial charge on any atom is -0.284 e. The van der Waals surface area contributed by atoms with Gasteiger partial charge in [-0.2, -0.15) is 5.10 Å². The number of rotatable bonds is 1. The largest absolute Gasteiger partial charge is 0.292 e. The molecule has 5 nitrogen and oxygen atoms in total. The van der Waals surface area contributed by atoms with Crippen LogP contribution in [0.25, 0.3) is 5.52 Å². The summed E-state index contributed by atoms with van der Waals surface area (Å²) < 4.78 is 2.66. The van der Waals surface area contributed by atoms with Gasteiger partial charge in [-0.15, -0.1) is 11.3 Å². The summed E-state index contributed by atoms with van der Waals surface area (Å²) >= 11 is 5.26. The standard InChI is InChI=1S/C17H17BrN4OS/c1-10-11(2)24-15-6-7-22(20(3)16(10)15)17(23)14-8-13-5-4-12(18)9-21(13)19-14/h4-5,8-9H,6-7H2,1-3H3. The number of halogens is 1. The first-order valence-corrected chi connectivity index (χ1v) is 9.36. The summed E-state index contributed by atoms with van der Waals surface area (Å²) in [7, 11) is 1.96. The number of aromatic nitrogens is 2. The molecule has 3 aromatic rings. The fourth-order valence-corrected chi connectivity index (χ4v) is 4.71. The number of anilines is 1. The zero-order chi connectivity index (χ0) is 17.0. The highest BCUT2D eigenvalue weighted by atomic mass is 79.9. The summed E-state index contributed by atoms with van der Waals surface area (Å²) in [5, 5.41) is 8.21. The molecule has 0 N–H and O–H groups in total. The third kappa shape index (κ3) is 2.34. The van der Waals surface area contributed by atoms with Crippen molar-refractivity contribution in [1.29, 1.82) is 0 Å². The van der Waals surface area contributed by atoms with Gasteiger partial charge in [0.25, 0.3) is 5.91 Å². The van der Waals surface area contributed by atoms with E-state index in [4.69, 9.17) is 0 Å². The normalized spacial score (nSPS) is 14.3. The average Bonchev–Trinajstić information content (AvgIpc) is 3.09. The van der Waals surface area contributed by atoms with Gasteiger partial charge in [-0.3, -0.25) is 9.80 Å². The molecule has 0 aliphatic carbocycles. The number of hydrogen-bond acceptors (Lipinski definition) is 4. The number of nitrogens with zero attached hydrogens (tertiary/aromatic N) is 4. The Morgan fingerprint density at radius 1 is 1.33 bits per heavy atom. The molecule has 1 aliphatic rings. The fourth-order valence-electron chi connectivity index (χ4n) is 3.19. The molecule has 124 valence electrons. The van der Waals surface area contributed by atoms with Gasteiger partial charge >= 0.3 is 0 Å². The van der Waals surface area contributed by atoms with Gasteiger partial charge in [0.2, 0.25) is 0 Å². The molecule has 0 saturated heterocycles. The molecule has 4 heterocycles. The van der Waals surface area contributed by atoms with E-state index in [1.807, 2.05) is 47.8 Å². The van der Waals surface area contributed by atoms with Crippen molar-refractivity contribution in [2.45, 2.75) is 20.3 Å². The van der Waals surface area contributed by atoms with E-state index in [1.54, 1.807) is 9.52 Å². The Kier molecular flexibility index (Phi) is 3.65. The molecule has 4 rings (SSSR count). The van der Waals surface area contributed by atoms with Crippen LogP contribution in [0.4, 0.5) is 5.69 Å². The topological polar surface area (TPSA) is 40.9 Å². The third-order valence-corrected chi connectivity index (χ3v) is 6.26. The van der Waals surface area contributed by atoms with E-state index in [0.717, 1.165) is 16.4 Å². The van der Waals surface area contributed by atoms with Gasteiger partial charge in [-0.05, 0) is 53.5 Å². The highest BCUT2D eigenvalue weighted by Gasteiger charge is 2.30. The molecule has 24 heavy (non-hydrogen) atoms. The number of aryl methyl sites for hydroxylation is 1. The zero-order valence-corrected chi connectivity index (χ0v) is 16.1. The van der Waals surface area contributed by atoms with Crippen LogP contribution in [0.2, 0.25) is 0 Å². The Bertz CT molecular complexity index is 961. The van der Waals surface area contributed by atoms with Crippen molar-refractivity contribution in [2.75, 3.05) is 18.6 Å². The van der Waals surface area contributed by atoms with Gasteiger partial charge in [-0.1, -0.05) is 0 Å². The lowest BCUT2D eigenvalue weighted by Gasteiger charge is -2.37. The van der Waals surface area contributed by atoms with Crippen LogP contribution in [0, 0.1) is 13.8 Å². The first-order chi connectivity index (χ1) is 11.5. The van der Waals surface area contributed by atoms with E-state index in [0.29, 0.717) is 12.2 Å². The van der Waals surface area contributed by atoms with Crippen molar-refractivity contribution in [1.82, 2.24) is 14.6 Å². The highest BCUT2D eigenvalue weighted by molar-refractivity contribution is 9.10. The second kappa shape index (κ2) is 5.60. The summed E-state index contributed by atoms with van der Waals surface area (Å²) in [5.74, 6) is -0.0637. The van der Waals surface area contributed by atoms with Gasteiger partial charge < -0.3 is 0 Å². The van der Waals surface area contributed by atoms with E-state index in [-0.39, 0.29) is 5.91 Å². The van der Waals surface area contributed by atoms with Gasteiger partial charge in [0.15, 0.2) is 5.69 Å². The first kappa shape index (κ1) is 15.7. The Morgan fingerprint density at radius 2 is 2.12 bits per heavy atom. The van der Waals surface area contributed by atoms with Crippen LogP contribution < -0.4 is 5.01 Å². The maximum Gasteiger partial charge on any atom is 0.292 e. The van der Waals surface area contributed by atoms with Gasteiger partial charge in [-0.25, -0.2) is 9.52 Å². The number of amides is 1. The van der Waals surface area contributed by atoms with Crippen molar-refractivity contribution in [3.8, 4) is 0 Å². The summed E-state index contributed by atoms with van der Waals surface area (Å²) in [6.45, 7) is 4.94. The number of thiophene rings is 1. The minimum atomic E-state index is -0.0637. The summed E-state index contributed by atoms with van der Waals surface area (Å²) in [5.41, 5.74) is 3.80. The number of fused-ring (bicyclic) bond motifs is 2. The summed E-state index contributed by atoms with van der Waals surface area (Å²) in [6.07, 6.45) is 2.75. The molecule has 0 atom stereocenters. The average molecular weight is 405 g/mol. The Labute approximate surface area is 152 Å². The van der Waals surface area contributed by atoms with Crippen molar-refractivity contribution in [3.63, 3.8) is 0 Å². The van der Waals surface area contributed by atoms with Crippen molar-refractivity contribution in [2.24, 2.45) is 0 Å². The first-order valence-electron chi connectivity index (χ1n) is 7.75. The van der Waals surface area contributed by atoms with Crippen LogP contribution in [0.1, 0.15) is 25.8 Å². The molecule has 0 spiro atoms. The molecule has 1 aliphatic heterocycles. The van der Waals surface area contributed by atoms with Crippen LogP contribution in [0.3, 0.4) is 0 Å². The van der Waals surface area contributed by atoms with Crippen molar-refractivity contribution >= 4 is 44.4 Å². The smallest absolute Gasteiger partial charge is 0.284 e. The SMILES string of the molecule is Cc1sc2c(c1C)N(C)N(C(=O)c1cc3ccc(Br)cn3n1)CC2. The van der Waals surface area contributed by atoms with E-state index in [9.17, 15) is 4.79 Å². The highest BCUT2D eigenvalue weighted by Crippen LogP contribution is 2.38. The van der Waals surface area contributed by atoms with Gasteiger partial charge in [0.05, 0.1) is 11.2 Å². The quantitative estimate of drug-likeness (QED) is 0.618. The van der Waals surface area contributed by atoms with E-state index in [1.165, 1.54) is 21.0 Å². The lowest BCUT2D eigenvalue weighted by molar-refractivity contribution is 0.0733. The second-order valence-corrected chi connectivity index (χ2v) is 8.23. The van der Waals surface area contributed by atoms with Crippen LogP contribution in [0.15, 0.2) is 28.9 Å². The summed E-state index contributed by atoms with van der Waals surface area (Å²) in [4.78, 5) is 15.7. The van der Waals surface area contributed by atoms with Crippen LogP contribution in [0.5, 0.6) is 0 Å². The Balaban J connectivity index is 1.70. The lowest BCUT2D eigenvalue weighted by Crippen LogP contribution is -2.48. The second-order valence-electron chi connectivity index (χ2n) is 6.00. The molecule has 1 amide bonds. The zero-order valence-electron chi connectivity index (χ0n) is 13.7. The van der Waals surface area contributed by atoms with Crippen molar-refractivity contribution in [3.05, 3.63) is 49.9 Å². The maximum atomic E-state index is 13.0. The van der Waals surface area contributed by atoms with Crippen molar-refractivity contribution < 1.29 is 4.79 Å². The number of pyridine rings is 1. The van der Waals surface area contributed by atoms with Gasteiger partial charge in [0.1, 0.15) is 0 Å². The molecular weight excluding hydrogens is 388 g/mol. The van der Waals surface area contributed by atoms with Gasteiger partial charge in [0, 0.05) is 40.4 Å². The van der Waals surface area contributed by atoms with E-state index >= 15 is 0 Å². The fraction of sp³-hybridized carbons (Fsp3) is 0.294. The lowest BCUT2D eigenvalue weighted by atomic mass is 10.1. The Morgan fingerprint density at radius 3 is 2.92 bits per heavy atom. The number of hydrazine groups is 1. The molecule has 0 radical (unpaired) electrons. The minimum absolute atomic E-state index is 0.0637. The van der Waals surface area contributed by atoms with Crippen LogP contribution in [-0.4, -0.2) is 34.1 Å². The molecule has 7 heteroatoms. The summed E-state index contributed by atoms with van der Waals surface area (Å²) in [6, 6.07) is 5.73. The molecule has 0 unspecified atom stereocenters. The van der Waals surface area contributed by atoms with Crippen LogP contribution >= 0.6 is 27.3 Å². The van der Waals surface area contributed by atoms with Crippen LogP contribution in [-0.2, 0) is 6.42 Å². The maximum absolute atomic E-state index is 13.0. The molecule has 3 aromatic heterocycles. The molecule has 0 aromatic carbocycles. The molecular formula is C17H17BrN4OS. The monoisotopic (exact) mass is 404 g/mol. The predicted octanol–water partition coefficient (Wildman–Crippen LogP) is 3.82. The number of carbonyl (C=O) groups excluding carboxylic acids is 1. The predicted molar refractivity (Wildman–Crippen MR) is 99.8 cm³/mol. The third-order valence-electron chi connectivity index (χ3n) is 4.54. The van der Waals surface area contributed by atoms with E-state index in [2.05, 4.69) is 34.9 Å². The molecule has 0 saturated carbocycles. The molecule has 0 bridgehead atoms. The Hall–Kier alpha value is -1.86. The molecule has 0 fully saturated rings. The van der Waals surface area contributed by atoms with E-state index < -0.39 is 0 Å². The number of hydrogen-bond donors (Lipinski definition) is 0.